The Bertz CT molecular complexity index is 250. The van der Waals surface area contributed by atoms with Gasteiger partial charge < -0.3 is 14.2 Å². The Morgan fingerprint density at radius 2 is 1.62 bits per heavy atom. The second-order valence-electron chi connectivity index (χ2n) is 5.89. The molecular formula is C17H33ClO3. The van der Waals surface area contributed by atoms with Gasteiger partial charge in [0.05, 0.1) is 12.7 Å². The first-order chi connectivity index (χ1) is 10.2. The van der Waals surface area contributed by atoms with Gasteiger partial charge in [-0.1, -0.05) is 57.0 Å². The van der Waals surface area contributed by atoms with Gasteiger partial charge >= 0.3 is 0 Å². The third-order valence-electron chi connectivity index (χ3n) is 4.03. The van der Waals surface area contributed by atoms with E-state index < -0.39 is 5.25 Å². The van der Waals surface area contributed by atoms with Crippen LogP contribution < -0.4 is 0 Å². The minimum Gasteiger partial charge on any atom is -0.373 e. The number of alkyl halides is 1. The van der Waals surface area contributed by atoms with Gasteiger partial charge in [-0.05, 0) is 26.7 Å². The Morgan fingerprint density at radius 3 is 2.14 bits per heavy atom. The Hall–Kier alpha value is 0.170. The highest BCUT2D eigenvalue weighted by Crippen LogP contribution is 2.38. The molecule has 1 aliphatic rings. The quantitative estimate of drug-likeness (QED) is 0.193. The van der Waals surface area contributed by atoms with Gasteiger partial charge in [-0.2, -0.15) is 0 Å². The zero-order valence-corrected chi connectivity index (χ0v) is 14.8. The van der Waals surface area contributed by atoms with Crippen molar-refractivity contribution in [2.24, 2.45) is 5.92 Å². The van der Waals surface area contributed by atoms with E-state index in [4.69, 9.17) is 25.8 Å². The summed E-state index contributed by atoms with van der Waals surface area (Å²) in [5.74, 6) is 0.206. The zero-order chi connectivity index (χ0) is 15.6. The summed E-state index contributed by atoms with van der Waals surface area (Å²) in [7, 11) is 0. The van der Waals surface area contributed by atoms with Gasteiger partial charge in [0, 0.05) is 19.1 Å². The summed E-state index contributed by atoms with van der Waals surface area (Å²) in [4.78, 5) is 0. The second kappa shape index (κ2) is 10.8. The smallest absolute Gasteiger partial charge is 0.251 e. The molecule has 2 unspecified atom stereocenters. The van der Waals surface area contributed by atoms with Crippen molar-refractivity contribution in [3.63, 3.8) is 0 Å². The molecule has 1 fully saturated rings. The Morgan fingerprint density at radius 1 is 1.05 bits per heavy atom. The first kappa shape index (κ1) is 19.2. The molecule has 0 N–H and O–H groups in total. The normalized spacial score (nSPS) is 19.7. The van der Waals surface area contributed by atoms with E-state index in [0.717, 1.165) is 19.4 Å². The van der Waals surface area contributed by atoms with Gasteiger partial charge in [-0.15, -0.1) is 0 Å². The Balaban J connectivity index is 2.40. The maximum absolute atomic E-state index is 6.64. The molecule has 4 heteroatoms. The number of hydrogen-bond acceptors (Lipinski definition) is 3. The highest BCUT2D eigenvalue weighted by molar-refractivity contribution is 6.22. The summed E-state index contributed by atoms with van der Waals surface area (Å²) in [5, 5.41) is -0.973. The lowest BCUT2D eigenvalue weighted by atomic mass is 9.94. The predicted octanol–water partition coefficient (Wildman–Crippen LogP) is 5.11. The molecular weight excluding hydrogens is 288 g/mol. The van der Waals surface area contributed by atoms with E-state index in [9.17, 15) is 0 Å². The summed E-state index contributed by atoms with van der Waals surface area (Å²) < 4.78 is 16.9. The van der Waals surface area contributed by atoms with Gasteiger partial charge in [0.1, 0.15) is 0 Å². The van der Waals surface area contributed by atoms with E-state index in [1.165, 1.54) is 38.5 Å². The molecule has 0 aromatic carbocycles. The van der Waals surface area contributed by atoms with Crippen LogP contribution in [0.2, 0.25) is 0 Å². The largest absolute Gasteiger partial charge is 0.373 e. The lowest BCUT2D eigenvalue weighted by Crippen LogP contribution is -2.39. The van der Waals surface area contributed by atoms with Gasteiger partial charge in [-0.25, -0.2) is 0 Å². The summed E-state index contributed by atoms with van der Waals surface area (Å²) in [6.07, 6.45) is 10.1. The van der Waals surface area contributed by atoms with E-state index in [0.29, 0.717) is 19.3 Å². The molecule has 126 valence electrons. The average molecular weight is 321 g/mol. The van der Waals surface area contributed by atoms with Crippen molar-refractivity contribution in [1.82, 2.24) is 0 Å². The van der Waals surface area contributed by atoms with E-state index in [-0.39, 0.29) is 5.92 Å². The molecule has 0 radical (unpaired) electrons. The van der Waals surface area contributed by atoms with Crippen molar-refractivity contribution in [2.75, 3.05) is 19.8 Å². The molecule has 1 heterocycles. The lowest BCUT2D eigenvalue weighted by molar-refractivity contribution is -0.207. The van der Waals surface area contributed by atoms with Gasteiger partial charge in [0.2, 0.25) is 0 Å². The fraction of sp³-hybridized carbons (Fsp3) is 1.00. The topological polar surface area (TPSA) is 31.0 Å². The van der Waals surface area contributed by atoms with Gasteiger partial charge in [0.15, 0.2) is 0 Å². The summed E-state index contributed by atoms with van der Waals surface area (Å²) in [5.41, 5.74) is 0. The maximum Gasteiger partial charge on any atom is 0.251 e. The monoisotopic (exact) mass is 320 g/mol. The lowest BCUT2D eigenvalue weighted by Gasteiger charge is -2.34. The SMILES string of the molecule is CCCCCCCCC(CC1CO1)C(Cl)(OCC)OCC. The molecule has 0 saturated carbocycles. The number of halogens is 1. The second-order valence-corrected chi connectivity index (χ2v) is 6.42. The van der Waals surface area contributed by atoms with E-state index in [1.54, 1.807) is 0 Å². The van der Waals surface area contributed by atoms with Crippen molar-refractivity contribution in [1.29, 1.82) is 0 Å². The molecule has 3 nitrogen and oxygen atoms in total. The van der Waals surface area contributed by atoms with Gasteiger partial charge in [0.25, 0.3) is 5.25 Å². The van der Waals surface area contributed by atoms with Crippen LogP contribution in [-0.2, 0) is 14.2 Å². The minimum atomic E-state index is -0.973. The van der Waals surface area contributed by atoms with Crippen LogP contribution in [-0.4, -0.2) is 31.2 Å². The van der Waals surface area contributed by atoms with Crippen LogP contribution in [0, 0.1) is 5.92 Å². The standard InChI is InChI=1S/C17H33ClO3/c1-4-7-8-9-10-11-12-15(13-16-14-19-16)17(18,20-5-2)21-6-3/h15-16H,4-14H2,1-3H3. The first-order valence-electron chi connectivity index (χ1n) is 8.74. The molecule has 0 aliphatic carbocycles. The summed E-state index contributed by atoms with van der Waals surface area (Å²) in [6, 6.07) is 0. The Labute approximate surface area is 135 Å². The molecule has 0 aromatic heterocycles. The van der Waals surface area contributed by atoms with Crippen molar-refractivity contribution >= 4 is 11.6 Å². The van der Waals surface area contributed by atoms with E-state index in [2.05, 4.69) is 6.92 Å². The van der Waals surface area contributed by atoms with Crippen LogP contribution in [0.25, 0.3) is 0 Å². The molecule has 0 amide bonds. The van der Waals surface area contributed by atoms with Gasteiger partial charge in [-0.3, -0.25) is 0 Å². The molecule has 21 heavy (non-hydrogen) atoms. The van der Waals surface area contributed by atoms with Crippen LogP contribution in [0.4, 0.5) is 0 Å². The van der Waals surface area contributed by atoms with E-state index in [1.807, 2.05) is 13.8 Å². The molecule has 0 aromatic rings. The molecule has 1 rings (SSSR count). The molecule has 0 spiro atoms. The van der Waals surface area contributed by atoms with Crippen LogP contribution in [0.5, 0.6) is 0 Å². The minimum absolute atomic E-state index is 0.206. The number of hydrogen-bond donors (Lipinski definition) is 0. The number of ether oxygens (including phenoxy) is 3. The highest BCUT2D eigenvalue weighted by atomic mass is 35.5. The number of epoxide rings is 1. The summed E-state index contributed by atoms with van der Waals surface area (Å²) >= 11 is 6.64. The van der Waals surface area contributed by atoms with E-state index >= 15 is 0 Å². The fourth-order valence-electron chi connectivity index (χ4n) is 2.79. The van der Waals surface area contributed by atoms with Crippen molar-refractivity contribution in [2.45, 2.75) is 83.5 Å². The summed E-state index contributed by atoms with van der Waals surface area (Å²) in [6.45, 7) is 8.18. The van der Waals surface area contributed by atoms with Crippen LogP contribution >= 0.6 is 11.6 Å². The molecule has 0 bridgehead atoms. The van der Waals surface area contributed by atoms with Crippen molar-refractivity contribution in [3.8, 4) is 0 Å². The zero-order valence-electron chi connectivity index (χ0n) is 14.0. The molecule has 1 aliphatic heterocycles. The van der Waals surface area contributed by atoms with Crippen molar-refractivity contribution < 1.29 is 14.2 Å². The Kier molecular flexibility index (Phi) is 9.90. The predicted molar refractivity (Wildman–Crippen MR) is 87.7 cm³/mol. The third-order valence-corrected chi connectivity index (χ3v) is 4.55. The average Bonchev–Trinajstić information content (AvgIpc) is 3.26. The molecule has 1 saturated heterocycles. The fourth-order valence-corrected chi connectivity index (χ4v) is 3.21. The maximum atomic E-state index is 6.64. The van der Waals surface area contributed by atoms with Crippen LogP contribution in [0.3, 0.4) is 0 Å². The number of unbranched alkanes of at least 4 members (excludes halogenated alkanes) is 5. The molecule has 2 atom stereocenters. The van der Waals surface area contributed by atoms with Crippen LogP contribution in [0.1, 0.15) is 72.1 Å². The number of rotatable bonds is 14. The van der Waals surface area contributed by atoms with Crippen LogP contribution in [0.15, 0.2) is 0 Å². The first-order valence-corrected chi connectivity index (χ1v) is 9.12. The van der Waals surface area contributed by atoms with Crippen molar-refractivity contribution in [3.05, 3.63) is 0 Å². The highest BCUT2D eigenvalue weighted by Gasteiger charge is 2.42. The third kappa shape index (κ3) is 7.83.